The first-order valence-electron chi connectivity index (χ1n) is 12.3. The van der Waals surface area contributed by atoms with E-state index >= 15 is 0 Å². The van der Waals surface area contributed by atoms with Crippen LogP contribution in [-0.2, 0) is 22.6 Å². The van der Waals surface area contributed by atoms with Crippen LogP contribution >= 0.6 is 0 Å². The lowest BCUT2D eigenvalue weighted by molar-refractivity contribution is -0.123. The third-order valence-electron chi connectivity index (χ3n) is 5.86. The lowest BCUT2D eigenvalue weighted by Crippen LogP contribution is -2.39. The summed E-state index contributed by atoms with van der Waals surface area (Å²) in [6, 6.07) is 26.9. The summed E-state index contributed by atoms with van der Waals surface area (Å²) in [6.07, 6.45) is 1.33. The quantitative estimate of drug-likeness (QED) is 0.316. The number of ether oxygens (including phenoxy) is 1. The van der Waals surface area contributed by atoms with Crippen molar-refractivity contribution in [1.29, 1.82) is 0 Å². The molecule has 1 aromatic heterocycles. The Balaban J connectivity index is 1.40. The Morgan fingerprint density at radius 2 is 1.61 bits per heavy atom. The minimum atomic E-state index is -0.169. The van der Waals surface area contributed by atoms with Gasteiger partial charge in [0.25, 0.3) is 5.91 Å². The molecule has 0 fully saturated rings. The highest BCUT2D eigenvalue weighted by Gasteiger charge is 2.21. The summed E-state index contributed by atoms with van der Waals surface area (Å²) in [5.74, 6) is 1.33. The zero-order chi connectivity index (χ0) is 25.3. The van der Waals surface area contributed by atoms with Gasteiger partial charge in [-0.25, -0.2) is 4.98 Å². The second kappa shape index (κ2) is 12.0. The molecule has 0 saturated carbocycles. The number of nitrogens with one attached hydrogen (secondary N) is 1. The third-order valence-corrected chi connectivity index (χ3v) is 5.86. The molecule has 1 N–H and O–H groups in total. The van der Waals surface area contributed by atoms with Gasteiger partial charge in [0.05, 0.1) is 11.0 Å². The maximum absolute atomic E-state index is 13.5. The number of amides is 2. The van der Waals surface area contributed by atoms with Crippen molar-refractivity contribution in [2.45, 2.75) is 39.3 Å². The number of carbonyl (C=O) groups excluding carboxylic acids is 2. The Morgan fingerprint density at radius 1 is 0.944 bits per heavy atom. The maximum Gasteiger partial charge on any atom is 0.257 e. The number of benzene rings is 3. The fraction of sp³-hybridized carbons (Fsp3) is 0.276. The summed E-state index contributed by atoms with van der Waals surface area (Å²) in [7, 11) is 0. The molecule has 7 heteroatoms. The van der Waals surface area contributed by atoms with E-state index in [4.69, 9.17) is 9.72 Å². The van der Waals surface area contributed by atoms with E-state index in [0.29, 0.717) is 25.1 Å². The van der Waals surface area contributed by atoms with Crippen molar-refractivity contribution in [2.75, 3.05) is 18.1 Å². The van der Waals surface area contributed by atoms with E-state index in [9.17, 15) is 9.59 Å². The molecule has 0 atom stereocenters. The van der Waals surface area contributed by atoms with E-state index < -0.39 is 0 Å². The number of rotatable bonds is 11. The van der Waals surface area contributed by atoms with Crippen LogP contribution < -0.4 is 15.0 Å². The Bertz CT molecular complexity index is 1290. The smallest absolute Gasteiger partial charge is 0.257 e. The molecule has 4 rings (SSSR count). The SMILES string of the molecule is CC(C)N(C(=O)Cn1c(CCCNC(=O)COc2ccccc2)nc2ccccc21)c1ccccc1. The lowest BCUT2D eigenvalue weighted by Gasteiger charge is -2.27. The number of anilines is 1. The fourth-order valence-corrected chi connectivity index (χ4v) is 4.21. The van der Waals surface area contributed by atoms with Crippen LogP contribution in [0.5, 0.6) is 5.75 Å². The molecule has 0 bridgehead atoms. The van der Waals surface area contributed by atoms with E-state index in [0.717, 1.165) is 22.5 Å². The van der Waals surface area contributed by atoms with Gasteiger partial charge in [-0.3, -0.25) is 9.59 Å². The molecule has 186 valence electrons. The Morgan fingerprint density at radius 3 is 2.33 bits per heavy atom. The van der Waals surface area contributed by atoms with E-state index in [1.165, 1.54) is 0 Å². The average Bonchev–Trinajstić information content (AvgIpc) is 3.23. The van der Waals surface area contributed by atoms with Gasteiger partial charge in [0, 0.05) is 24.7 Å². The van der Waals surface area contributed by atoms with Crippen LogP contribution in [0.15, 0.2) is 84.9 Å². The third kappa shape index (κ3) is 6.30. The maximum atomic E-state index is 13.5. The molecular formula is C29H32N4O3. The van der Waals surface area contributed by atoms with Gasteiger partial charge in [-0.05, 0) is 56.7 Å². The number of aryl methyl sites for hydroxylation is 1. The second-order valence-corrected chi connectivity index (χ2v) is 8.85. The largest absolute Gasteiger partial charge is 0.484 e. The molecular weight excluding hydrogens is 452 g/mol. The van der Waals surface area contributed by atoms with Crippen LogP contribution in [0.4, 0.5) is 5.69 Å². The Labute approximate surface area is 211 Å². The Hall–Kier alpha value is -4.13. The molecule has 0 unspecified atom stereocenters. The molecule has 3 aromatic carbocycles. The van der Waals surface area contributed by atoms with E-state index in [1.54, 1.807) is 0 Å². The topological polar surface area (TPSA) is 76.5 Å². The van der Waals surface area contributed by atoms with Crippen molar-refractivity contribution < 1.29 is 14.3 Å². The van der Waals surface area contributed by atoms with Crippen LogP contribution in [0.3, 0.4) is 0 Å². The van der Waals surface area contributed by atoms with E-state index in [1.807, 2.05) is 108 Å². The number of para-hydroxylation sites is 4. The van der Waals surface area contributed by atoms with Gasteiger partial charge in [0.2, 0.25) is 5.91 Å². The summed E-state index contributed by atoms with van der Waals surface area (Å²) >= 11 is 0. The standard InChI is InChI=1S/C29H32N4O3/c1-22(2)33(23-12-5-3-6-13-23)29(35)20-32-26-17-10-9-16-25(26)31-27(32)18-11-19-30-28(34)21-36-24-14-7-4-8-15-24/h3-10,12-17,22H,11,18-21H2,1-2H3,(H,30,34). The Kier molecular flexibility index (Phi) is 8.34. The molecule has 0 saturated heterocycles. The van der Waals surface area contributed by atoms with Crippen molar-refractivity contribution in [3.8, 4) is 5.75 Å². The summed E-state index contributed by atoms with van der Waals surface area (Å²) in [6.45, 7) is 4.70. The highest BCUT2D eigenvalue weighted by Crippen LogP contribution is 2.21. The van der Waals surface area contributed by atoms with Crippen molar-refractivity contribution in [3.05, 3.63) is 90.8 Å². The number of nitrogens with zero attached hydrogens (tertiary/aromatic N) is 3. The lowest BCUT2D eigenvalue weighted by atomic mass is 10.2. The zero-order valence-electron chi connectivity index (χ0n) is 20.8. The van der Waals surface area contributed by atoms with Crippen LogP contribution in [-0.4, -0.2) is 40.6 Å². The first-order chi connectivity index (χ1) is 17.5. The number of imidazole rings is 1. The molecule has 7 nitrogen and oxygen atoms in total. The molecule has 0 spiro atoms. The minimum Gasteiger partial charge on any atom is -0.484 e. The van der Waals surface area contributed by atoms with Crippen molar-refractivity contribution in [1.82, 2.24) is 14.9 Å². The predicted octanol–water partition coefficient (Wildman–Crippen LogP) is 4.61. The number of aromatic nitrogens is 2. The number of hydrogen-bond donors (Lipinski definition) is 1. The normalized spacial score (nSPS) is 11.0. The molecule has 0 aliphatic rings. The molecule has 4 aromatic rings. The van der Waals surface area contributed by atoms with Gasteiger partial charge in [-0.2, -0.15) is 0 Å². The van der Waals surface area contributed by atoms with Crippen molar-refractivity contribution in [2.24, 2.45) is 0 Å². The number of hydrogen-bond acceptors (Lipinski definition) is 4. The zero-order valence-corrected chi connectivity index (χ0v) is 20.8. The molecule has 0 radical (unpaired) electrons. The molecule has 2 amide bonds. The van der Waals surface area contributed by atoms with Gasteiger partial charge in [0.1, 0.15) is 18.1 Å². The second-order valence-electron chi connectivity index (χ2n) is 8.85. The van der Waals surface area contributed by atoms with Gasteiger partial charge in [-0.1, -0.05) is 48.5 Å². The van der Waals surface area contributed by atoms with Gasteiger partial charge in [0.15, 0.2) is 6.61 Å². The highest BCUT2D eigenvalue weighted by atomic mass is 16.5. The molecule has 0 aliphatic heterocycles. The van der Waals surface area contributed by atoms with Gasteiger partial charge in [-0.15, -0.1) is 0 Å². The first-order valence-corrected chi connectivity index (χ1v) is 12.3. The summed E-state index contributed by atoms with van der Waals surface area (Å²) in [5, 5.41) is 2.90. The highest BCUT2D eigenvalue weighted by molar-refractivity contribution is 5.94. The van der Waals surface area contributed by atoms with Gasteiger partial charge < -0.3 is 19.5 Å². The first kappa shape index (κ1) is 25.0. The summed E-state index contributed by atoms with van der Waals surface area (Å²) in [5.41, 5.74) is 2.67. The van der Waals surface area contributed by atoms with Crippen molar-refractivity contribution >= 4 is 28.5 Å². The fourth-order valence-electron chi connectivity index (χ4n) is 4.21. The average molecular weight is 485 g/mol. The van der Waals surface area contributed by atoms with Crippen molar-refractivity contribution in [3.63, 3.8) is 0 Å². The van der Waals surface area contributed by atoms with Crippen LogP contribution in [0.2, 0.25) is 0 Å². The van der Waals surface area contributed by atoms with Gasteiger partial charge >= 0.3 is 0 Å². The molecule has 0 aliphatic carbocycles. The van der Waals surface area contributed by atoms with Crippen LogP contribution in [0.25, 0.3) is 11.0 Å². The van der Waals surface area contributed by atoms with Crippen LogP contribution in [0, 0.1) is 0 Å². The number of fused-ring (bicyclic) bond motifs is 1. The summed E-state index contributed by atoms with van der Waals surface area (Å²) in [4.78, 5) is 32.2. The summed E-state index contributed by atoms with van der Waals surface area (Å²) < 4.78 is 7.49. The van der Waals surface area contributed by atoms with E-state index in [-0.39, 0.29) is 31.0 Å². The van der Waals surface area contributed by atoms with E-state index in [2.05, 4.69) is 5.32 Å². The monoisotopic (exact) mass is 484 g/mol. The minimum absolute atomic E-state index is 0.00645. The molecule has 1 heterocycles. The molecule has 36 heavy (non-hydrogen) atoms. The van der Waals surface area contributed by atoms with Crippen LogP contribution in [0.1, 0.15) is 26.1 Å². The predicted molar refractivity (Wildman–Crippen MR) is 142 cm³/mol. The number of carbonyl (C=O) groups is 2.